The largest absolute Gasteiger partial charge is 0.331 e. The Morgan fingerprint density at radius 2 is 1.61 bits per heavy atom. The predicted molar refractivity (Wildman–Crippen MR) is 147 cm³/mol. The van der Waals surface area contributed by atoms with Gasteiger partial charge in [-0.2, -0.15) is 5.10 Å². The van der Waals surface area contributed by atoms with Crippen LogP contribution in [0.4, 0.5) is 5.82 Å². The van der Waals surface area contributed by atoms with Gasteiger partial charge in [-0.15, -0.1) is 0 Å². The highest BCUT2D eigenvalue weighted by molar-refractivity contribution is 5.94. The van der Waals surface area contributed by atoms with Crippen LogP contribution < -0.4 is 5.32 Å². The van der Waals surface area contributed by atoms with E-state index in [1.807, 2.05) is 81.4 Å². The van der Waals surface area contributed by atoms with Crippen molar-refractivity contribution in [2.75, 3.05) is 11.9 Å². The Morgan fingerprint density at radius 3 is 2.28 bits per heavy atom. The number of hydrogen-bond acceptors (Lipinski definition) is 3. The number of carbonyl (C=O) groups excluding carboxylic acids is 2. The second-order valence-electron chi connectivity index (χ2n) is 9.71. The molecule has 0 radical (unpaired) electrons. The molecule has 0 atom stereocenters. The molecule has 6 heteroatoms. The summed E-state index contributed by atoms with van der Waals surface area (Å²) in [5, 5.41) is 7.79. The van der Waals surface area contributed by atoms with Crippen molar-refractivity contribution >= 4 is 17.6 Å². The Labute approximate surface area is 215 Å². The summed E-state index contributed by atoms with van der Waals surface area (Å²) in [5.41, 5.74) is 3.75. The lowest BCUT2D eigenvalue weighted by Gasteiger charge is -2.26. The summed E-state index contributed by atoms with van der Waals surface area (Å²) in [6.45, 7) is 8.16. The molecule has 36 heavy (non-hydrogen) atoms. The third-order valence-corrected chi connectivity index (χ3v) is 6.33. The molecule has 1 N–H and O–H groups in total. The topological polar surface area (TPSA) is 67.2 Å². The van der Waals surface area contributed by atoms with Crippen molar-refractivity contribution in [2.24, 2.45) is 0 Å². The van der Waals surface area contributed by atoms with E-state index in [2.05, 4.69) is 12.2 Å². The number of nitrogens with one attached hydrogen (secondary N) is 1. The summed E-state index contributed by atoms with van der Waals surface area (Å²) in [6, 6.07) is 19.7. The number of aromatic nitrogens is 2. The van der Waals surface area contributed by atoms with Crippen LogP contribution in [0.25, 0.3) is 16.9 Å². The van der Waals surface area contributed by atoms with Gasteiger partial charge in [0.25, 0.3) is 0 Å². The first kappa shape index (κ1) is 27.2. The fraction of sp³-hybridized carbons (Fsp3) is 0.433. The molecule has 2 aromatic carbocycles. The van der Waals surface area contributed by atoms with Gasteiger partial charge in [0.15, 0.2) is 0 Å². The van der Waals surface area contributed by atoms with Crippen LogP contribution in [0.2, 0.25) is 0 Å². The molecule has 0 aliphatic heterocycles. The third kappa shape index (κ3) is 7.80. The summed E-state index contributed by atoms with van der Waals surface area (Å²) in [7, 11) is 0. The maximum absolute atomic E-state index is 13.1. The summed E-state index contributed by atoms with van der Waals surface area (Å²) >= 11 is 0. The number of rotatable bonds is 13. The molecule has 2 amide bonds. The average molecular weight is 489 g/mol. The van der Waals surface area contributed by atoms with Crippen molar-refractivity contribution in [1.29, 1.82) is 0 Å². The minimum Gasteiger partial charge on any atom is -0.331 e. The molecule has 0 spiro atoms. The number of benzene rings is 2. The number of unbranched alkanes of at least 4 members (excludes halogenated alkanes) is 5. The van der Waals surface area contributed by atoms with E-state index in [1.54, 1.807) is 9.58 Å². The van der Waals surface area contributed by atoms with Gasteiger partial charge in [0.1, 0.15) is 12.4 Å². The van der Waals surface area contributed by atoms with E-state index >= 15 is 0 Å². The Bertz CT molecular complexity index is 1100. The molecule has 1 aromatic heterocycles. The Balaban J connectivity index is 1.71. The number of carbonyl (C=O) groups is 2. The molecule has 1 heterocycles. The number of amides is 2. The van der Waals surface area contributed by atoms with E-state index in [-0.39, 0.29) is 24.4 Å². The van der Waals surface area contributed by atoms with Crippen LogP contribution in [0, 0.1) is 6.92 Å². The summed E-state index contributed by atoms with van der Waals surface area (Å²) < 4.78 is 1.75. The number of anilines is 1. The zero-order chi connectivity index (χ0) is 25.9. The van der Waals surface area contributed by atoms with Crippen LogP contribution in [-0.4, -0.2) is 39.1 Å². The van der Waals surface area contributed by atoms with Gasteiger partial charge in [0.2, 0.25) is 11.8 Å². The molecular formula is C30H40N4O2. The first-order chi connectivity index (χ1) is 17.4. The lowest BCUT2D eigenvalue weighted by atomic mass is 10.1. The number of aryl methyl sites for hydroxylation is 1. The number of nitrogens with zero attached hydrogens (tertiary/aromatic N) is 3. The fourth-order valence-electron chi connectivity index (χ4n) is 4.20. The Morgan fingerprint density at radius 1 is 0.944 bits per heavy atom. The van der Waals surface area contributed by atoms with E-state index in [1.165, 1.54) is 19.3 Å². The number of hydrogen-bond donors (Lipinski definition) is 1. The zero-order valence-corrected chi connectivity index (χ0v) is 22.2. The molecule has 0 saturated carbocycles. The van der Waals surface area contributed by atoms with E-state index in [9.17, 15) is 9.59 Å². The smallest absolute Gasteiger partial charge is 0.245 e. The predicted octanol–water partition coefficient (Wildman–Crippen LogP) is 6.77. The summed E-state index contributed by atoms with van der Waals surface area (Å²) in [5.74, 6) is 0.385. The van der Waals surface area contributed by atoms with Crippen LogP contribution in [0.15, 0.2) is 60.7 Å². The van der Waals surface area contributed by atoms with Crippen molar-refractivity contribution in [3.05, 3.63) is 66.2 Å². The Hall–Kier alpha value is -3.41. The maximum atomic E-state index is 13.1. The first-order valence-corrected chi connectivity index (χ1v) is 13.2. The second-order valence-corrected chi connectivity index (χ2v) is 9.71. The van der Waals surface area contributed by atoms with E-state index in [4.69, 9.17) is 5.10 Å². The van der Waals surface area contributed by atoms with Gasteiger partial charge < -0.3 is 10.2 Å². The third-order valence-electron chi connectivity index (χ3n) is 6.33. The highest BCUT2D eigenvalue weighted by atomic mass is 16.2. The maximum Gasteiger partial charge on any atom is 0.245 e. The highest BCUT2D eigenvalue weighted by Crippen LogP contribution is 2.25. The second kappa shape index (κ2) is 13.6. The molecule has 192 valence electrons. The molecule has 3 rings (SSSR count). The zero-order valence-electron chi connectivity index (χ0n) is 22.2. The molecule has 3 aromatic rings. The van der Waals surface area contributed by atoms with Crippen LogP contribution in [0.5, 0.6) is 0 Å². The van der Waals surface area contributed by atoms with Crippen molar-refractivity contribution < 1.29 is 9.59 Å². The molecular weight excluding hydrogens is 448 g/mol. The molecule has 0 unspecified atom stereocenters. The van der Waals surface area contributed by atoms with Crippen molar-refractivity contribution in [3.63, 3.8) is 0 Å². The minimum absolute atomic E-state index is 0.0199. The van der Waals surface area contributed by atoms with Crippen LogP contribution in [-0.2, 0) is 9.59 Å². The summed E-state index contributed by atoms with van der Waals surface area (Å²) in [4.78, 5) is 27.7. The first-order valence-electron chi connectivity index (χ1n) is 13.2. The normalized spacial score (nSPS) is 11.0. The standard InChI is InChI=1S/C30H40N4O2/c1-5-6-7-8-9-13-16-30(36)33(23(2)3)22-29(35)31-28-21-27(25-14-11-10-12-15-25)32-34(28)26-19-17-24(4)18-20-26/h10-12,14-15,17-21,23H,5-9,13,16,22H2,1-4H3,(H,31,35). The van der Waals surface area contributed by atoms with Gasteiger partial charge >= 0.3 is 0 Å². The fourth-order valence-corrected chi connectivity index (χ4v) is 4.20. The minimum atomic E-state index is -0.229. The van der Waals surface area contributed by atoms with Crippen LogP contribution >= 0.6 is 0 Å². The molecule has 6 nitrogen and oxygen atoms in total. The van der Waals surface area contributed by atoms with Crippen molar-refractivity contribution in [3.8, 4) is 16.9 Å². The molecule has 0 bridgehead atoms. The Kier molecular flexibility index (Phi) is 10.3. The monoisotopic (exact) mass is 488 g/mol. The van der Waals surface area contributed by atoms with Gasteiger partial charge in [-0.25, -0.2) is 4.68 Å². The van der Waals surface area contributed by atoms with Gasteiger partial charge in [-0.1, -0.05) is 87.1 Å². The van der Waals surface area contributed by atoms with E-state index in [0.717, 1.165) is 41.8 Å². The van der Waals surface area contributed by atoms with Gasteiger partial charge in [0, 0.05) is 24.1 Å². The molecule has 0 fully saturated rings. The lowest BCUT2D eigenvalue weighted by molar-refractivity contribution is -0.136. The summed E-state index contributed by atoms with van der Waals surface area (Å²) in [6.07, 6.45) is 7.26. The molecule has 0 saturated heterocycles. The SMILES string of the molecule is CCCCCCCCC(=O)N(CC(=O)Nc1cc(-c2ccccc2)nn1-c1ccc(C)cc1)C(C)C. The van der Waals surface area contributed by atoms with Crippen LogP contribution in [0.3, 0.4) is 0 Å². The average Bonchev–Trinajstić information content (AvgIpc) is 3.29. The highest BCUT2D eigenvalue weighted by Gasteiger charge is 2.21. The van der Waals surface area contributed by atoms with Gasteiger partial charge in [-0.05, 0) is 39.3 Å². The van der Waals surface area contributed by atoms with E-state index < -0.39 is 0 Å². The van der Waals surface area contributed by atoms with Crippen LogP contribution in [0.1, 0.15) is 71.3 Å². The van der Waals surface area contributed by atoms with Crippen molar-refractivity contribution in [1.82, 2.24) is 14.7 Å². The lowest BCUT2D eigenvalue weighted by Crippen LogP contribution is -2.42. The van der Waals surface area contributed by atoms with Crippen molar-refractivity contribution in [2.45, 2.75) is 78.7 Å². The van der Waals surface area contributed by atoms with E-state index in [0.29, 0.717) is 12.2 Å². The molecule has 0 aliphatic rings. The molecule has 0 aliphatic carbocycles. The quantitative estimate of drug-likeness (QED) is 0.270. The van der Waals surface area contributed by atoms with Gasteiger partial charge in [0.05, 0.1) is 11.4 Å². The van der Waals surface area contributed by atoms with Gasteiger partial charge in [-0.3, -0.25) is 9.59 Å².